The lowest BCUT2D eigenvalue weighted by Crippen LogP contribution is -2.34. The molecule has 2 rings (SSSR count). The van der Waals surface area contributed by atoms with Crippen LogP contribution in [0.15, 0.2) is 18.2 Å². The molecule has 1 aromatic rings. The Balaban J connectivity index is 2.18. The Bertz CT molecular complexity index is 614. The summed E-state index contributed by atoms with van der Waals surface area (Å²) < 4.78 is 39.0. The number of nitrogens with zero attached hydrogens (tertiary/aromatic N) is 2. The molecule has 0 spiro atoms. The van der Waals surface area contributed by atoms with Gasteiger partial charge in [-0.3, -0.25) is 10.1 Å². The number of para-hydroxylation sites is 1. The van der Waals surface area contributed by atoms with Crippen LogP contribution in [-0.2, 0) is 11.0 Å². The quantitative estimate of drug-likeness (QED) is 0.661. The van der Waals surface area contributed by atoms with E-state index in [1.54, 1.807) is 0 Å². The summed E-state index contributed by atoms with van der Waals surface area (Å²) in [6, 6.07) is 2.50. The number of likely N-dealkylation sites (tertiary alicyclic amines) is 1. The number of carbonyl (C=O) groups excluding carboxylic acids is 1. The Hall–Kier alpha value is -2.52. The van der Waals surface area contributed by atoms with Crippen molar-refractivity contribution >= 4 is 17.5 Å². The molecule has 1 aliphatic heterocycles. The van der Waals surface area contributed by atoms with Crippen LogP contribution in [0.2, 0.25) is 0 Å². The van der Waals surface area contributed by atoms with Crippen molar-refractivity contribution in [3.05, 3.63) is 33.9 Å². The van der Waals surface area contributed by atoms with Crippen LogP contribution in [-0.4, -0.2) is 29.0 Å². The van der Waals surface area contributed by atoms with Crippen LogP contribution in [0.5, 0.6) is 0 Å². The maximum atomic E-state index is 13.0. The lowest BCUT2D eigenvalue weighted by atomic mass is 10.1. The van der Waals surface area contributed by atoms with Crippen molar-refractivity contribution in [1.29, 1.82) is 0 Å². The van der Waals surface area contributed by atoms with E-state index in [9.17, 15) is 28.1 Å². The molecule has 10 heteroatoms. The average molecular weight is 347 g/mol. The Morgan fingerprint density at radius 2 is 1.83 bits per heavy atom. The zero-order chi connectivity index (χ0) is 17.7. The number of alkyl halides is 3. The molecule has 1 heterocycles. The fourth-order valence-corrected chi connectivity index (χ4v) is 2.45. The summed E-state index contributed by atoms with van der Waals surface area (Å²) in [5, 5.41) is 10.9. The summed E-state index contributed by atoms with van der Waals surface area (Å²) in [6.45, 7) is 0.868. The van der Waals surface area contributed by atoms with Crippen LogP contribution >= 0.6 is 0 Å². The van der Waals surface area contributed by atoms with Crippen LogP contribution in [0.4, 0.5) is 29.3 Å². The Kier molecular flexibility index (Phi) is 5.47. The van der Waals surface area contributed by atoms with Crippen molar-refractivity contribution < 1.29 is 27.7 Å². The van der Waals surface area contributed by atoms with Gasteiger partial charge in [-0.05, 0) is 18.9 Å². The van der Waals surface area contributed by atoms with Crippen molar-refractivity contribution in [2.75, 3.05) is 18.6 Å². The molecule has 0 bridgehead atoms. The number of nitro groups is 1. The largest absolute Gasteiger partial charge is 0.434 e. The topological polar surface area (TPSA) is 84.7 Å². The van der Waals surface area contributed by atoms with E-state index in [1.807, 2.05) is 5.48 Å². The molecule has 132 valence electrons. The van der Waals surface area contributed by atoms with Crippen molar-refractivity contribution in [3.8, 4) is 0 Å². The van der Waals surface area contributed by atoms with Gasteiger partial charge in [0, 0.05) is 19.2 Å². The van der Waals surface area contributed by atoms with Gasteiger partial charge in [0.25, 0.3) is 5.69 Å². The maximum Gasteiger partial charge on any atom is 0.434 e. The first-order chi connectivity index (χ1) is 11.3. The number of hydrogen-bond acceptors (Lipinski definition) is 5. The van der Waals surface area contributed by atoms with Gasteiger partial charge in [0.1, 0.15) is 0 Å². The van der Waals surface area contributed by atoms with E-state index in [0.717, 1.165) is 37.8 Å². The number of halogens is 3. The molecule has 1 saturated heterocycles. The predicted octanol–water partition coefficient (Wildman–Crippen LogP) is 3.95. The Labute approximate surface area is 135 Å². The van der Waals surface area contributed by atoms with E-state index in [2.05, 4.69) is 4.84 Å². The first kappa shape index (κ1) is 17.8. The van der Waals surface area contributed by atoms with Gasteiger partial charge >= 0.3 is 12.3 Å². The van der Waals surface area contributed by atoms with Gasteiger partial charge in [-0.15, -0.1) is 0 Å². The van der Waals surface area contributed by atoms with E-state index in [0.29, 0.717) is 19.2 Å². The second kappa shape index (κ2) is 7.37. The van der Waals surface area contributed by atoms with E-state index >= 15 is 0 Å². The standard InChI is InChI=1S/C14H16F3N3O4/c15-14(16,17)10-6-5-7-11(20(22)23)12(10)18-24-13(21)19-8-3-1-2-4-9-19/h5-7,18H,1-4,8-9H2. The van der Waals surface area contributed by atoms with E-state index in [1.165, 1.54) is 4.90 Å². The van der Waals surface area contributed by atoms with Crippen LogP contribution in [0.1, 0.15) is 31.2 Å². The minimum atomic E-state index is -4.83. The SMILES string of the molecule is O=C(ONc1c([N+](=O)[O-])cccc1C(F)(F)F)N1CCCCCC1. The first-order valence-electron chi connectivity index (χ1n) is 7.37. The Morgan fingerprint density at radius 1 is 1.21 bits per heavy atom. The number of rotatable bonds is 3. The van der Waals surface area contributed by atoms with Crippen LogP contribution < -0.4 is 5.48 Å². The van der Waals surface area contributed by atoms with E-state index in [-0.39, 0.29) is 0 Å². The minimum absolute atomic E-state index is 0.434. The summed E-state index contributed by atoms with van der Waals surface area (Å²) in [7, 11) is 0. The van der Waals surface area contributed by atoms with Crippen LogP contribution in [0, 0.1) is 10.1 Å². The molecule has 1 fully saturated rings. The minimum Gasteiger partial charge on any atom is -0.324 e. The van der Waals surface area contributed by atoms with Crippen molar-refractivity contribution in [2.45, 2.75) is 31.9 Å². The molecular weight excluding hydrogens is 331 g/mol. The number of nitro benzene ring substituents is 1. The fraction of sp³-hybridized carbons (Fsp3) is 0.500. The van der Waals surface area contributed by atoms with Gasteiger partial charge in [0.2, 0.25) is 0 Å². The monoisotopic (exact) mass is 347 g/mol. The molecular formula is C14H16F3N3O4. The van der Waals surface area contributed by atoms with E-state index in [4.69, 9.17) is 0 Å². The number of hydrogen-bond donors (Lipinski definition) is 1. The van der Waals surface area contributed by atoms with Gasteiger partial charge < -0.3 is 9.74 Å². The highest BCUT2D eigenvalue weighted by molar-refractivity contribution is 5.72. The number of anilines is 1. The lowest BCUT2D eigenvalue weighted by molar-refractivity contribution is -0.384. The molecule has 1 aliphatic rings. The molecule has 1 aromatic carbocycles. The Morgan fingerprint density at radius 3 is 2.38 bits per heavy atom. The maximum absolute atomic E-state index is 13.0. The molecule has 0 atom stereocenters. The number of carbonyl (C=O) groups is 1. The molecule has 0 aliphatic carbocycles. The highest BCUT2D eigenvalue weighted by atomic mass is 19.4. The third-order valence-corrected chi connectivity index (χ3v) is 3.65. The normalized spacial score (nSPS) is 15.5. The van der Waals surface area contributed by atoms with Crippen LogP contribution in [0.3, 0.4) is 0 Å². The summed E-state index contributed by atoms with van der Waals surface area (Å²) in [6.07, 6.45) is -2.23. The molecule has 0 saturated carbocycles. The number of benzene rings is 1. The summed E-state index contributed by atoms with van der Waals surface area (Å²) >= 11 is 0. The highest BCUT2D eigenvalue weighted by Crippen LogP contribution is 2.39. The molecule has 0 aromatic heterocycles. The van der Waals surface area contributed by atoms with Gasteiger partial charge in [-0.2, -0.15) is 13.2 Å². The van der Waals surface area contributed by atoms with Crippen LogP contribution in [0.25, 0.3) is 0 Å². The van der Waals surface area contributed by atoms with Crippen molar-refractivity contribution in [2.24, 2.45) is 0 Å². The molecule has 7 nitrogen and oxygen atoms in total. The smallest absolute Gasteiger partial charge is 0.324 e. The van der Waals surface area contributed by atoms with Crippen molar-refractivity contribution in [1.82, 2.24) is 4.90 Å². The lowest BCUT2D eigenvalue weighted by Gasteiger charge is -2.20. The van der Waals surface area contributed by atoms with Gasteiger partial charge in [0.15, 0.2) is 5.69 Å². The molecule has 1 amide bonds. The van der Waals surface area contributed by atoms with Crippen molar-refractivity contribution in [3.63, 3.8) is 0 Å². The zero-order valence-corrected chi connectivity index (χ0v) is 12.6. The number of nitrogens with one attached hydrogen (secondary N) is 1. The molecule has 1 N–H and O–H groups in total. The fourth-order valence-electron chi connectivity index (χ4n) is 2.45. The van der Waals surface area contributed by atoms with E-state index < -0.39 is 34.1 Å². The summed E-state index contributed by atoms with van der Waals surface area (Å²) in [5.41, 5.74) is -1.16. The number of amides is 1. The highest BCUT2D eigenvalue weighted by Gasteiger charge is 2.37. The van der Waals surface area contributed by atoms with Gasteiger partial charge in [-0.25, -0.2) is 10.3 Å². The second-order valence-electron chi connectivity index (χ2n) is 5.33. The average Bonchev–Trinajstić information content (AvgIpc) is 2.80. The molecule has 24 heavy (non-hydrogen) atoms. The first-order valence-corrected chi connectivity index (χ1v) is 7.37. The third kappa shape index (κ3) is 4.27. The third-order valence-electron chi connectivity index (χ3n) is 3.65. The predicted molar refractivity (Wildman–Crippen MR) is 78.2 cm³/mol. The summed E-state index contributed by atoms with van der Waals surface area (Å²) in [4.78, 5) is 28.0. The van der Waals surface area contributed by atoms with Gasteiger partial charge in [0.05, 0.1) is 10.5 Å². The molecule has 0 radical (unpaired) electrons. The molecule has 0 unspecified atom stereocenters. The van der Waals surface area contributed by atoms with Gasteiger partial charge in [-0.1, -0.05) is 18.9 Å². The summed E-state index contributed by atoms with van der Waals surface area (Å²) in [5.74, 6) is 0. The second-order valence-corrected chi connectivity index (χ2v) is 5.33. The zero-order valence-electron chi connectivity index (χ0n) is 12.6.